The Labute approximate surface area is 161 Å². The minimum atomic E-state index is -0.687. The number of halogens is 1. The van der Waals surface area contributed by atoms with Gasteiger partial charge in [-0.05, 0) is 30.5 Å². The molecule has 3 aliphatic rings. The Balaban J connectivity index is 1.63. The van der Waals surface area contributed by atoms with Gasteiger partial charge in [0, 0.05) is 12.6 Å². The van der Waals surface area contributed by atoms with Crippen LogP contribution in [-0.2, 0) is 9.59 Å². The van der Waals surface area contributed by atoms with E-state index in [0.29, 0.717) is 16.8 Å². The molecule has 2 heterocycles. The number of urea groups is 1. The van der Waals surface area contributed by atoms with Gasteiger partial charge in [-0.15, -0.1) is 6.58 Å². The Morgan fingerprint density at radius 3 is 2.64 bits per heavy atom. The van der Waals surface area contributed by atoms with Crippen LogP contribution < -0.4 is 10.6 Å². The summed E-state index contributed by atoms with van der Waals surface area (Å²) in [5, 5.41) is 5.69. The third-order valence-corrected chi connectivity index (χ3v) is 5.09. The fourth-order valence-corrected chi connectivity index (χ4v) is 3.58. The number of carbonyl (C=O) groups excluding carboxylic acids is 3. The average molecular weight is 384 g/mol. The van der Waals surface area contributed by atoms with Crippen molar-refractivity contribution in [3.8, 4) is 0 Å². The molecule has 1 aliphatic carbocycles. The molecule has 1 aromatic carbocycles. The highest BCUT2D eigenvalue weighted by Gasteiger charge is 2.44. The van der Waals surface area contributed by atoms with Crippen molar-refractivity contribution in [2.24, 2.45) is 0 Å². The summed E-state index contributed by atoms with van der Waals surface area (Å²) in [6.45, 7) is 4.02. The lowest BCUT2D eigenvalue weighted by Crippen LogP contribution is -2.47. The number of rotatable bonds is 6. The molecule has 8 heteroatoms. The first kappa shape index (κ1) is 18.2. The maximum atomic E-state index is 13.3. The van der Waals surface area contributed by atoms with E-state index in [9.17, 15) is 18.8 Å². The van der Waals surface area contributed by atoms with Gasteiger partial charge in [-0.25, -0.2) is 9.18 Å². The normalized spacial score (nSPS) is 21.5. The lowest BCUT2D eigenvalue weighted by molar-refractivity contribution is -0.132. The smallest absolute Gasteiger partial charge is 0.322 e. The number of carbonyl (C=O) groups is 3. The van der Waals surface area contributed by atoms with Crippen LogP contribution >= 0.6 is 0 Å². The SMILES string of the molecule is C=CCN1C(=O)N[C@@H](c2ccc(F)cc2)C2=C1CN(CC(=O)NC1CC1)C2=O. The Morgan fingerprint density at radius 1 is 1.29 bits per heavy atom. The maximum Gasteiger partial charge on any atom is 0.322 e. The van der Waals surface area contributed by atoms with Crippen molar-refractivity contribution >= 4 is 17.8 Å². The van der Waals surface area contributed by atoms with Crippen molar-refractivity contribution in [1.82, 2.24) is 20.4 Å². The van der Waals surface area contributed by atoms with Gasteiger partial charge in [0.1, 0.15) is 12.4 Å². The average Bonchev–Trinajstić information content (AvgIpc) is 3.41. The van der Waals surface area contributed by atoms with Crippen molar-refractivity contribution in [1.29, 1.82) is 0 Å². The molecule has 4 rings (SSSR count). The highest BCUT2D eigenvalue weighted by molar-refractivity contribution is 6.03. The van der Waals surface area contributed by atoms with Gasteiger partial charge in [-0.3, -0.25) is 14.5 Å². The number of nitrogens with zero attached hydrogens (tertiary/aromatic N) is 2. The van der Waals surface area contributed by atoms with Crippen LogP contribution in [-0.4, -0.2) is 53.3 Å². The zero-order valence-electron chi connectivity index (χ0n) is 15.3. The topological polar surface area (TPSA) is 81.8 Å². The summed E-state index contributed by atoms with van der Waals surface area (Å²) in [6.07, 6.45) is 3.51. The molecule has 1 fully saturated rings. The van der Waals surface area contributed by atoms with Gasteiger partial charge in [0.25, 0.3) is 5.91 Å². The predicted molar refractivity (Wildman–Crippen MR) is 99.3 cm³/mol. The second kappa shape index (κ2) is 7.10. The van der Waals surface area contributed by atoms with Gasteiger partial charge in [0.2, 0.25) is 5.91 Å². The second-order valence-electron chi connectivity index (χ2n) is 7.20. The van der Waals surface area contributed by atoms with Crippen LogP contribution in [0, 0.1) is 5.82 Å². The first-order valence-electron chi connectivity index (χ1n) is 9.24. The van der Waals surface area contributed by atoms with Crippen molar-refractivity contribution in [3.05, 3.63) is 59.6 Å². The van der Waals surface area contributed by atoms with E-state index in [1.165, 1.54) is 21.9 Å². The Hall–Kier alpha value is -3.16. The molecular weight excluding hydrogens is 363 g/mol. The van der Waals surface area contributed by atoms with Crippen LogP contribution in [0.3, 0.4) is 0 Å². The Morgan fingerprint density at radius 2 is 2.00 bits per heavy atom. The molecule has 7 nitrogen and oxygen atoms in total. The molecule has 2 N–H and O–H groups in total. The minimum absolute atomic E-state index is 0.0609. The summed E-state index contributed by atoms with van der Waals surface area (Å²) in [4.78, 5) is 40.8. The van der Waals surface area contributed by atoms with E-state index < -0.39 is 11.9 Å². The Kier molecular flexibility index (Phi) is 4.62. The fourth-order valence-electron chi connectivity index (χ4n) is 3.58. The van der Waals surface area contributed by atoms with E-state index in [1.54, 1.807) is 18.2 Å². The predicted octanol–water partition coefficient (Wildman–Crippen LogP) is 1.45. The first-order chi connectivity index (χ1) is 13.5. The zero-order chi connectivity index (χ0) is 19.8. The molecule has 0 radical (unpaired) electrons. The van der Waals surface area contributed by atoms with Gasteiger partial charge >= 0.3 is 6.03 Å². The quantitative estimate of drug-likeness (QED) is 0.729. The number of nitrogens with one attached hydrogen (secondary N) is 2. The summed E-state index contributed by atoms with van der Waals surface area (Å²) in [7, 11) is 0. The van der Waals surface area contributed by atoms with Crippen LogP contribution in [0.4, 0.5) is 9.18 Å². The van der Waals surface area contributed by atoms with E-state index in [-0.39, 0.29) is 43.5 Å². The standard InChI is InChI=1S/C20H21FN4O3/c1-2-9-25-15-10-24(11-16(26)22-14-7-8-14)19(27)17(15)18(23-20(25)28)12-3-5-13(21)6-4-12/h2-6,14,18H,1,7-11H2,(H,22,26)(H,23,28)/t18-/m0/s1. The molecule has 146 valence electrons. The molecule has 0 bridgehead atoms. The molecule has 0 aromatic heterocycles. The molecule has 2 aliphatic heterocycles. The molecule has 28 heavy (non-hydrogen) atoms. The van der Waals surface area contributed by atoms with Gasteiger partial charge in [-0.2, -0.15) is 0 Å². The summed E-state index contributed by atoms with van der Waals surface area (Å²) >= 11 is 0. The lowest BCUT2D eigenvalue weighted by Gasteiger charge is -2.33. The number of benzene rings is 1. The third kappa shape index (κ3) is 3.37. The summed E-state index contributed by atoms with van der Waals surface area (Å²) in [5.74, 6) is -0.905. The highest BCUT2D eigenvalue weighted by atomic mass is 19.1. The first-order valence-corrected chi connectivity index (χ1v) is 9.24. The number of hydrogen-bond acceptors (Lipinski definition) is 3. The summed E-state index contributed by atoms with van der Waals surface area (Å²) in [6, 6.07) is 4.84. The van der Waals surface area contributed by atoms with Gasteiger partial charge in [-0.1, -0.05) is 18.2 Å². The van der Waals surface area contributed by atoms with Crippen molar-refractivity contribution in [3.63, 3.8) is 0 Å². The van der Waals surface area contributed by atoms with Crippen molar-refractivity contribution < 1.29 is 18.8 Å². The van der Waals surface area contributed by atoms with E-state index in [0.717, 1.165) is 12.8 Å². The molecule has 0 unspecified atom stereocenters. The number of amides is 4. The molecular formula is C20H21FN4O3. The number of hydrogen-bond donors (Lipinski definition) is 2. The molecule has 0 saturated heterocycles. The molecule has 0 spiro atoms. The Bertz CT molecular complexity index is 876. The van der Waals surface area contributed by atoms with E-state index in [1.807, 2.05) is 0 Å². The van der Waals surface area contributed by atoms with Crippen LogP contribution in [0.25, 0.3) is 0 Å². The van der Waals surface area contributed by atoms with Gasteiger partial charge in [0.05, 0.1) is 23.9 Å². The van der Waals surface area contributed by atoms with Crippen LogP contribution in [0.1, 0.15) is 24.4 Å². The third-order valence-electron chi connectivity index (χ3n) is 5.09. The molecule has 4 amide bonds. The van der Waals surface area contributed by atoms with E-state index in [2.05, 4.69) is 17.2 Å². The van der Waals surface area contributed by atoms with E-state index in [4.69, 9.17) is 0 Å². The summed E-state index contributed by atoms with van der Waals surface area (Å²) < 4.78 is 13.3. The van der Waals surface area contributed by atoms with Gasteiger partial charge < -0.3 is 15.5 Å². The van der Waals surface area contributed by atoms with Gasteiger partial charge in [0.15, 0.2) is 0 Å². The summed E-state index contributed by atoms with van der Waals surface area (Å²) in [5.41, 5.74) is 1.58. The maximum absolute atomic E-state index is 13.3. The zero-order valence-corrected chi connectivity index (χ0v) is 15.3. The van der Waals surface area contributed by atoms with Crippen LogP contribution in [0.15, 0.2) is 48.2 Å². The monoisotopic (exact) mass is 384 g/mol. The van der Waals surface area contributed by atoms with Crippen LogP contribution in [0.2, 0.25) is 0 Å². The lowest BCUT2D eigenvalue weighted by atomic mass is 9.95. The largest absolute Gasteiger partial charge is 0.352 e. The van der Waals surface area contributed by atoms with Crippen molar-refractivity contribution in [2.45, 2.75) is 24.9 Å². The highest BCUT2D eigenvalue weighted by Crippen LogP contribution is 2.36. The van der Waals surface area contributed by atoms with Crippen LogP contribution in [0.5, 0.6) is 0 Å². The van der Waals surface area contributed by atoms with E-state index >= 15 is 0 Å². The molecule has 1 atom stereocenters. The molecule has 1 saturated carbocycles. The molecule has 1 aromatic rings. The second-order valence-corrected chi connectivity index (χ2v) is 7.20. The van der Waals surface area contributed by atoms with Crippen molar-refractivity contribution in [2.75, 3.05) is 19.6 Å². The minimum Gasteiger partial charge on any atom is -0.352 e. The fraction of sp³-hybridized carbons (Fsp3) is 0.350.